The molecule has 0 aromatic heterocycles. The van der Waals surface area contributed by atoms with Crippen LogP contribution in [0.5, 0.6) is 11.5 Å². The maximum absolute atomic E-state index is 13.2. The highest BCUT2D eigenvalue weighted by molar-refractivity contribution is 5.92. The second-order valence-corrected chi connectivity index (χ2v) is 9.60. The van der Waals surface area contributed by atoms with E-state index in [1.54, 1.807) is 0 Å². The Hall–Kier alpha value is -2.53. The lowest BCUT2D eigenvalue weighted by molar-refractivity contribution is -0.116. The Kier molecular flexibility index (Phi) is 8.19. The molecule has 1 heterocycles. The Labute approximate surface area is 192 Å². The highest BCUT2D eigenvalue weighted by Crippen LogP contribution is 2.41. The van der Waals surface area contributed by atoms with Crippen LogP contribution in [0.15, 0.2) is 36.4 Å². The van der Waals surface area contributed by atoms with Crippen molar-refractivity contribution in [3.63, 3.8) is 0 Å². The molecule has 2 aromatic rings. The molecule has 1 atom stereocenters. The van der Waals surface area contributed by atoms with Crippen LogP contribution in [-0.2, 0) is 16.8 Å². The largest absolute Gasteiger partial charge is 0.486 e. The molecule has 0 bridgehead atoms. The number of aliphatic hydroxyl groups excluding tert-OH is 1. The van der Waals surface area contributed by atoms with Crippen molar-refractivity contribution in [1.29, 1.82) is 0 Å². The fourth-order valence-corrected chi connectivity index (χ4v) is 4.30. The molecule has 0 saturated carbocycles. The number of amides is 1. The molecule has 5 nitrogen and oxygen atoms in total. The Bertz CT molecular complexity index is 916. The van der Waals surface area contributed by atoms with E-state index in [-0.39, 0.29) is 23.8 Å². The quantitative estimate of drug-likeness (QED) is 0.475. The molecule has 0 spiro atoms. The summed E-state index contributed by atoms with van der Waals surface area (Å²) < 4.78 is 11.7. The number of carbonyl (C=O) groups excluding carboxylic acids is 1. The predicted molar refractivity (Wildman–Crippen MR) is 129 cm³/mol. The third-order valence-corrected chi connectivity index (χ3v) is 5.97. The van der Waals surface area contributed by atoms with Gasteiger partial charge in [0.25, 0.3) is 0 Å². The summed E-state index contributed by atoms with van der Waals surface area (Å²) in [4.78, 5) is 13.2. The number of fused-ring (bicyclic) bond motifs is 1. The van der Waals surface area contributed by atoms with E-state index in [0.717, 1.165) is 59.6 Å². The normalized spacial score (nSPS) is 14.2. The van der Waals surface area contributed by atoms with Gasteiger partial charge in [0.15, 0.2) is 11.5 Å². The molecule has 3 rings (SSSR count). The number of aliphatic hydroxyl groups is 1. The Morgan fingerprint density at radius 2 is 1.91 bits per heavy atom. The molecule has 1 amide bonds. The average molecular weight is 440 g/mol. The Morgan fingerprint density at radius 1 is 1.12 bits per heavy atom. The van der Waals surface area contributed by atoms with Crippen LogP contribution in [0.4, 0.5) is 5.69 Å². The van der Waals surface area contributed by atoms with Crippen molar-refractivity contribution in [3.05, 3.63) is 53.1 Å². The van der Waals surface area contributed by atoms with Crippen LogP contribution in [0.1, 0.15) is 82.4 Å². The van der Waals surface area contributed by atoms with Crippen molar-refractivity contribution >= 4 is 11.6 Å². The lowest BCUT2D eigenvalue weighted by Crippen LogP contribution is -2.22. The Morgan fingerprint density at radius 3 is 2.62 bits per heavy atom. The first-order chi connectivity index (χ1) is 15.3. The molecule has 1 aliphatic rings. The molecule has 0 radical (unpaired) electrons. The second kappa shape index (κ2) is 10.9. The topological polar surface area (TPSA) is 67.8 Å². The lowest BCUT2D eigenvalue weighted by atomic mass is 9.85. The fraction of sp³-hybridized carbons (Fsp3) is 0.519. The van der Waals surface area contributed by atoms with E-state index < -0.39 is 0 Å². The summed E-state index contributed by atoms with van der Waals surface area (Å²) in [7, 11) is 0. The van der Waals surface area contributed by atoms with Gasteiger partial charge in [0.05, 0.1) is 6.61 Å². The average Bonchev–Trinajstić information content (AvgIpc) is 2.77. The van der Waals surface area contributed by atoms with Crippen LogP contribution in [0.25, 0.3) is 0 Å². The van der Waals surface area contributed by atoms with Gasteiger partial charge in [0, 0.05) is 17.7 Å². The van der Waals surface area contributed by atoms with Crippen molar-refractivity contribution in [1.82, 2.24) is 0 Å². The number of rotatable bonds is 9. The van der Waals surface area contributed by atoms with Crippen LogP contribution in [-0.4, -0.2) is 24.2 Å². The van der Waals surface area contributed by atoms with Gasteiger partial charge < -0.3 is 19.9 Å². The summed E-state index contributed by atoms with van der Waals surface area (Å²) in [5, 5.41) is 12.7. The zero-order valence-electron chi connectivity index (χ0n) is 19.9. The fourth-order valence-electron chi connectivity index (χ4n) is 4.30. The van der Waals surface area contributed by atoms with Crippen molar-refractivity contribution < 1.29 is 19.4 Å². The number of hydrogen-bond acceptors (Lipinski definition) is 4. The zero-order chi connectivity index (χ0) is 23.1. The van der Waals surface area contributed by atoms with E-state index in [0.29, 0.717) is 19.6 Å². The van der Waals surface area contributed by atoms with Crippen molar-refractivity contribution in [3.8, 4) is 11.5 Å². The summed E-state index contributed by atoms with van der Waals surface area (Å²) in [6.45, 7) is 9.58. The SMILES string of the molecule is CCCCCC(CC(=O)Nc1cc(CO)ccc1C(C)(C)C)c1cccc2c1OCCO2. The summed E-state index contributed by atoms with van der Waals surface area (Å²) in [6, 6.07) is 11.8. The number of carbonyl (C=O) groups is 1. The van der Waals surface area contributed by atoms with Gasteiger partial charge in [-0.15, -0.1) is 0 Å². The van der Waals surface area contributed by atoms with Gasteiger partial charge in [0.2, 0.25) is 5.91 Å². The van der Waals surface area contributed by atoms with Gasteiger partial charge in [-0.1, -0.05) is 71.2 Å². The predicted octanol–water partition coefficient (Wildman–Crippen LogP) is 5.94. The number of ether oxygens (including phenoxy) is 2. The van der Waals surface area contributed by atoms with E-state index in [1.807, 2.05) is 30.3 Å². The number of nitrogens with one attached hydrogen (secondary N) is 1. The van der Waals surface area contributed by atoms with Crippen molar-refractivity contribution in [2.45, 2.75) is 77.7 Å². The van der Waals surface area contributed by atoms with Crippen LogP contribution < -0.4 is 14.8 Å². The van der Waals surface area contributed by atoms with Crippen molar-refractivity contribution in [2.75, 3.05) is 18.5 Å². The molecular weight excluding hydrogens is 402 g/mol. The first kappa shape index (κ1) is 24.1. The minimum Gasteiger partial charge on any atom is -0.486 e. The van der Waals surface area contributed by atoms with Gasteiger partial charge >= 0.3 is 0 Å². The minimum absolute atomic E-state index is 0.0265. The first-order valence-electron chi connectivity index (χ1n) is 11.8. The van der Waals surface area contributed by atoms with Crippen LogP contribution in [0, 0.1) is 0 Å². The van der Waals surface area contributed by atoms with Gasteiger partial charge in [-0.05, 0) is 41.0 Å². The number of anilines is 1. The molecule has 5 heteroatoms. The molecule has 0 fully saturated rings. The van der Waals surface area contributed by atoms with Crippen LogP contribution >= 0.6 is 0 Å². The summed E-state index contributed by atoms with van der Waals surface area (Å²) in [6.07, 6.45) is 4.62. The van der Waals surface area contributed by atoms with E-state index in [2.05, 4.69) is 39.1 Å². The minimum atomic E-state index is -0.124. The van der Waals surface area contributed by atoms with Gasteiger partial charge in [-0.25, -0.2) is 0 Å². The molecule has 0 saturated heterocycles. The van der Waals surface area contributed by atoms with E-state index in [1.165, 1.54) is 0 Å². The highest BCUT2D eigenvalue weighted by Gasteiger charge is 2.25. The summed E-state index contributed by atoms with van der Waals surface area (Å²) >= 11 is 0. The van der Waals surface area contributed by atoms with E-state index >= 15 is 0 Å². The maximum Gasteiger partial charge on any atom is 0.224 e. The van der Waals surface area contributed by atoms with Gasteiger partial charge in [-0.3, -0.25) is 4.79 Å². The number of para-hydroxylation sites is 1. The Balaban J connectivity index is 1.84. The summed E-state index contributed by atoms with van der Waals surface area (Å²) in [5.74, 6) is 1.57. The number of benzene rings is 2. The lowest BCUT2D eigenvalue weighted by Gasteiger charge is -2.26. The maximum atomic E-state index is 13.2. The molecule has 1 unspecified atom stereocenters. The molecule has 2 aromatic carbocycles. The van der Waals surface area contributed by atoms with E-state index in [4.69, 9.17) is 9.47 Å². The zero-order valence-corrected chi connectivity index (χ0v) is 19.9. The van der Waals surface area contributed by atoms with E-state index in [9.17, 15) is 9.90 Å². The molecule has 174 valence electrons. The molecule has 0 aliphatic carbocycles. The highest BCUT2D eigenvalue weighted by atomic mass is 16.6. The van der Waals surface area contributed by atoms with Gasteiger partial charge in [0.1, 0.15) is 13.2 Å². The molecule has 32 heavy (non-hydrogen) atoms. The standard InChI is InChI=1S/C27H37NO4/c1-5-6-7-9-20(21-10-8-11-24-26(21)32-15-14-31-24)17-25(30)28-23-16-19(18-29)12-13-22(23)27(2,3)4/h8,10-13,16,20,29H,5-7,9,14-15,17-18H2,1-4H3,(H,28,30). The van der Waals surface area contributed by atoms with Crippen LogP contribution in [0.3, 0.4) is 0 Å². The van der Waals surface area contributed by atoms with Crippen molar-refractivity contribution in [2.24, 2.45) is 0 Å². The second-order valence-electron chi connectivity index (χ2n) is 9.60. The molecule has 1 aliphatic heterocycles. The third kappa shape index (κ3) is 6.04. The first-order valence-corrected chi connectivity index (χ1v) is 11.8. The molecule has 2 N–H and O–H groups in total. The number of unbranched alkanes of at least 4 members (excludes halogenated alkanes) is 2. The number of hydrogen-bond donors (Lipinski definition) is 2. The summed E-state index contributed by atoms with van der Waals surface area (Å²) in [5.41, 5.74) is 3.54. The van der Waals surface area contributed by atoms with Crippen LogP contribution in [0.2, 0.25) is 0 Å². The monoisotopic (exact) mass is 439 g/mol. The molecular formula is C27H37NO4. The van der Waals surface area contributed by atoms with Gasteiger partial charge in [-0.2, -0.15) is 0 Å². The third-order valence-electron chi connectivity index (χ3n) is 5.97. The smallest absolute Gasteiger partial charge is 0.224 e.